The highest BCUT2D eigenvalue weighted by molar-refractivity contribution is 5.92. The van der Waals surface area contributed by atoms with E-state index in [0.29, 0.717) is 5.75 Å². The third kappa shape index (κ3) is 6.84. The molecule has 8 heteroatoms. The van der Waals surface area contributed by atoms with Gasteiger partial charge in [0.25, 0.3) is 0 Å². The summed E-state index contributed by atoms with van der Waals surface area (Å²) in [4.78, 5) is 40.4. The molecule has 1 fully saturated rings. The van der Waals surface area contributed by atoms with E-state index in [9.17, 15) is 19.5 Å². The Morgan fingerprint density at radius 1 is 1.14 bits per heavy atom. The molecule has 184 valence electrons. The molecule has 8 nitrogen and oxygen atoms in total. The average molecular weight is 478 g/mol. The van der Waals surface area contributed by atoms with Crippen molar-refractivity contribution in [1.29, 1.82) is 0 Å². The van der Waals surface area contributed by atoms with Crippen LogP contribution in [0.2, 0.25) is 0 Å². The molecule has 0 aromatic heterocycles. The summed E-state index contributed by atoms with van der Waals surface area (Å²) >= 11 is 0. The molecule has 0 bridgehead atoms. The molecule has 35 heavy (non-hydrogen) atoms. The van der Waals surface area contributed by atoms with E-state index < -0.39 is 35.6 Å². The van der Waals surface area contributed by atoms with Crippen LogP contribution in [-0.2, 0) is 16.1 Å². The summed E-state index contributed by atoms with van der Waals surface area (Å²) < 4.78 is 5.29. The molecule has 0 unspecified atom stereocenters. The summed E-state index contributed by atoms with van der Waals surface area (Å²) in [6.45, 7) is 5.66. The van der Waals surface area contributed by atoms with Crippen LogP contribution in [0.15, 0.2) is 54.6 Å². The number of benzene rings is 2. The number of likely N-dealkylation sites (tertiary alicyclic amines) is 1. The molecule has 0 spiro atoms. The molecule has 0 saturated carbocycles. The van der Waals surface area contributed by atoms with Crippen LogP contribution in [0.4, 0.5) is 4.79 Å². The first-order chi connectivity index (χ1) is 16.6. The highest BCUT2D eigenvalue weighted by Gasteiger charge is 2.44. The number of β-amino-alcohol motifs (C(OH)–C–C–N with tert-alkyl or cyclic N) is 1. The van der Waals surface area contributed by atoms with Gasteiger partial charge in [-0.25, -0.2) is 4.79 Å². The Balaban J connectivity index is 1.69. The zero-order chi connectivity index (χ0) is 25.6. The number of nitrogens with zero attached hydrogens (tertiary/aromatic N) is 1. The van der Waals surface area contributed by atoms with Crippen LogP contribution in [-0.4, -0.2) is 52.6 Å². The fraction of sp³-hybridized carbons (Fsp3) is 0.370. The van der Waals surface area contributed by atoms with E-state index in [-0.39, 0.29) is 25.4 Å². The molecule has 2 aromatic carbocycles. The lowest BCUT2D eigenvalue weighted by molar-refractivity contribution is -0.142. The van der Waals surface area contributed by atoms with Crippen LogP contribution in [0.25, 0.3) is 0 Å². The maximum Gasteiger partial charge on any atom is 0.413 e. The maximum atomic E-state index is 13.5. The van der Waals surface area contributed by atoms with Crippen molar-refractivity contribution >= 4 is 17.9 Å². The van der Waals surface area contributed by atoms with Crippen molar-refractivity contribution in [3.63, 3.8) is 0 Å². The SMILES string of the molecule is C#Cc1ccc(CNC(=O)[C@@H]2C[C@@H](O)CN2C(=O)[C@@H](NC(=O)Oc2ccccc2)C(C)(C)C)cc1. The topological polar surface area (TPSA) is 108 Å². The molecule has 1 aliphatic heterocycles. The smallest absolute Gasteiger partial charge is 0.410 e. The van der Waals surface area contributed by atoms with Crippen LogP contribution in [0.5, 0.6) is 5.75 Å². The molecule has 3 atom stereocenters. The van der Waals surface area contributed by atoms with E-state index in [1.807, 2.05) is 12.1 Å². The van der Waals surface area contributed by atoms with Crippen molar-refractivity contribution < 1.29 is 24.2 Å². The van der Waals surface area contributed by atoms with Gasteiger partial charge in [0.05, 0.1) is 6.10 Å². The molecular weight excluding hydrogens is 446 g/mol. The van der Waals surface area contributed by atoms with Crippen molar-refractivity contribution in [3.8, 4) is 18.1 Å². The minimum atomic E-state index is -0.976. The van der Waals surface area contributed by atoms with Gasteiger partial charge in [0.15, 0.2) is 0 Å². The maximum absolute atomic E-state index is 13.5. The lowest BCUT2D eigenvalue weighted by atomic mass is 9.85. The Morgan fingerprint density at radius 3 is 2.40 bits per heavy atom. The van der Waals surface area contributed by atoms with Crippen molar-refractivity contribution in [2.24, 2.45) is 5.41 Å². The zero-order valence-electron chi connectivity index (χ0n) is 20.2. The predicted molar refractivity (Wildman–Crippen MR) is 131 cm³/mol. The van der Waals surface area contributed by atoms with E-state index in [0.717, 1.165) is 11.1 Å². The van der Waals surface area contributed by atoms with Gasteiger partial charge in [-0.15, -0.1) is 6.42 Å². The van der Waals surface area contributed by atoms with Crippen LogP contribution >= 0.6 is 0 Å². The highest BCUT2D eigenvalue weighted by Crippen LogP contribution is 2.26. The summed E-state index contributed by atoms with van der Waals surface area (Å²) in [6.07, 6.45) is 3.86. The summed E-state index contributed by atoms with van der Waals surface area (Å²) in [7, 11) is 0. The second kappa shape index (κ2) is 11.1. The third-order valence-electron chi connectivity index (χ3n) is 5.78. The summed E-state index contributed by atoms with van der Waals surface area (Å²) in [5.41, 5.74) is 0.911. The molecular formula is C27H31N3O5. The van der Waals surface area contributed by atoms with Gasteiger partial charge in [-0.3, -0.25) is 9.59 Å². The minimum absolute atomic E-state index is 0.00419. The number of ether oxygens (including phenoxy) is 1. The molecule has 0 radical (unpaired) electrons. The van der Waals surface area contributed by atoms with Crippen LogP contribution in [0.1, 0.15) is 38.3 Å². The minimum Gasteiger partial charge on any atom is -0.410 e. The van der Waals surface area contributed by atoms with E-state index >= 15 is 0 Å². The third-order valence-corrected chi connectivity index (χ3v) is 5.78. The largest absolute Gasteiger partial charge is 0.413 e. The van der Waals surface area contributed by atoms with E-state index in [1.165, 1.54) is 4.90 Å². The summed E-state index contributed by atoms with van der Waals surface area (Å²) in [5, 5.41) is 15.7. The van der Waals surface area contributed by atoms with Gasteiger partial charge in [-0.2, -0.15) is 0 Å². The highest BCUT2D eigenvalue weighted by atomic mass is 16.6. The Kier molecular flexibility index (Phi) is 8.15. The first kappa shape index (κ1) is 25.8. The summed E-state index contributed by atoms with van der Waals surface area (Å²) in [6, 6.07) is 13.9. The fourth-order valence-corrected chi connectivity index (χ4v) is 3.89. The molecule has 1 heterocycles. The quantitative estimate of drug-likeness (QED) is 0.554. The average Bonchev–Trinajstić information content (AvgIpc) is 3.22. The van der Waals surface area contributed by atoms with Crippen molar-refractivity contribution in [1.82, 2.24) is 15.5 Å². The van der Waals surface area contributed by atoms with E-state index in [4.69, 9.17) is 11.2 Å². The molecule has 3 N–H and O–H groups in total. The number of terminal acetylenes is 1. The van der Waals surface area contributed by atoms with E-state index in [1.54, 1.807) is 63.2 Å². The number of nitrogens with one attached hydrogen (secondary N) is 2. The number of hydrogen-bond acceptors (Lipinski definition) is 5. The lowest BCUT2D eigenvalue weighted by Crippen LogP contribution is -2.58. The fourth-order valence-electron chi connectivity index (χ4n) is 3.89. The van der Waals surface area contributed by atoms with Crippen LogP contribution in [0.3, 0.4) is 0 Å². The van der Waals surface area contributed by atoms with Gasteiger partial charge in [0.2, 0.25) is 11.8 Å². The number of carbonyl (C=O) groups is 3. The van der Waals surface area contributed by atoms with Gasteiger partial charge in [-0.05, 0) is 35.2 Å². The van der Waals surface area contributed by atoms with Crippen LogP contribution < -0.4 is 15.4 Å². The predicted octanol–water partition coefficient (Wildman–Crippen LogP) is 2.45. The number of rotatable bonds is 6. The Bertz CT molecular complexity index is 1090. The van der Waals surface area contributed by atoms with Gasteiger partial charge < -0.3 is 25.4 Å². The number of hydrogen-bond donors (Lipinski definition) is 3. The number of aliphatic hydroxyl groups is 1. The molecule has 1 saturated heterocycles. The van der Waals surface area contributed by atoms with Crippen molar-refractivity contribution in [2.45, 2.75) is 51.9 Å². The molecule has 1 aliphatic rings. The number of carbonyl (C=O) groups excluding carboxylic acids is 3. The van der Waals surface area contributed by atoms with E-state index in [2.05, 4.69) is 16.6 Å². The summed E-state index contributed by atoms with van der Waals surface area (Å²) in [5.74, 6) is 2.04. The molecule has 2 aromatic rings. The normalized spacial score (nSPS) is 18.3. The standard InChI is InChI=1S/C27H31N3O5/c1-5-18-11-13-19(14-12-18)16-28-24(32)22-15-20(31)17-30(22)25(33)23(27(2,3)4)29-26(34)35-21-9-7-6-8-10-21/h1,6-14,20,22-23,31H,15-17H2,2-4H3,(H,28,32)(H,29,34)/t20-,22+,23-/m1/s1. The van der Waals surface area contributed by atoms with Gasteiger partial charge >= 0.3 is 6.09 Å². The van der Waals surface area contributed by atoms with Gasteiger partial charge in [0.1, 0.15) is 17.8 Å². The molecule has 3 amide bonds. The monoisotopic (exact) mass is 477 g/mol. The first-order valence-electron chi connectivity index (χ1n) is 11.4. The van der Waals surface area contributed by atoms with Crippen LogP contribution in [0, 0.1) is 17.8 Å². The zero-order valence-corrected chi connectivity index (χ0v) is 20.2. The van der Waals surface area contributed by atoms with Gasteiger partial charge in [-0.1, -0.05) is 57.0 Å². The van der Waals surface area contributed by atoms with Crippen molar-refractivity contribution in [3.05, 3.63) is 65.7 Å². The van der Waals surface area contributed by atoms with Gasteiger partial charge in [0, 0.05) is 25.1 Å². The van der Waals surface area contributed by atoms with Crippen molar-refractivity contribution in [2.75, 3.05) is 6.54 Å². The number of para-hydroxylation sites is 1. The number of amides is 3. The molecule has 0 aliphatic carbocycles. The second-order valence-electron chi connectivity index (χ2n) is 9.60. The molecule has 3 rings (SSSR count). The first-order valence-corrected chi connectivity index (χ1v) is 11.4. The Hall–Kier alpha value is -3.83. The lowest BCUT2D eigenvalue weighted by Gasteiger charge is -2.35. The number of aliphatic hydroxyl groups excluding tert-OH is 1. The Morgan fingerprint density at radius 2 is 1.80 bits per heavy atom. The Labute approximate surface area is 205 Å². The second-order valence-corrected chi connectivity index (χ2v) is 9.60.